The summed E-state index contributed by atoms with van der Waals surface area (Å²) in [5.74, 6) is -2.82. The summed E-state index contributed by atoms with van der Waals surface area (Å²) in [5.41, 5.74) is 1.04. The molecule has 1 fully saturated rings. The van der Waals surface area contributed by atoms with Gasteiger partial charge >= 0.3 is 5.97 Å². The van der Waals surface area contributed by atoms with E-state index >= 15 is 0 Å². The molecule has 1 atom stereocenters. The highest BCUT2D eigenvalue weighted by Gasteiger charge is 2.29. The molecule has 0 aromatic heterocycles. The van der Waals surface area contributed by atoms with E-state index in [1.807, 2.05) is 0 Å². The molecule has 1 aliphatic carbocycles. The van der Waals surface area contributed by atoms with E-state index in [9.17, 15) is 14.4 Å². The van der Waals surface area contributed by atoms with Crippen LogP contribution in [0.3, 0.4) is 0 Å². The number of benzene rings is 1. The summed E-state index contributed by atoms with van der Waals surface area (Å²) < 4.78 is 0. The number of rotatable bonds is 5. The predicted octanol–water partition coefficient (Wildman–Crippen LogP) is 1.69. The third kappa shape index (κ3) is 3.57. The van der Waals surface area contributed by atoms with Crippen LogP contribution in [0.4, 0.5) is 11.4 Å². The quantitative estimate of drug-likeness (QED) is 0.713. The standard InChI is InChI=1S/C14H16N2O4/c1-8(14(19)20)12(17)15-10-3-2-4-11(7-10)16-13(18)9-5-6-9/h2-4,7-9H,5-6H2,1H3,(H,15,17)(H,16,18)(H,19,20). The first-order chi connectivity index (χ1) is 9.47. The lowest BCUT2D eigenvalue weighted by Gasteiger charge is -2.10. The number of amides is 2. The second kappa shape index (κ2) is 5.73. The number of hydrogen-bond acceptors (Lipinski definition) is 3. The van der Waals surface area contributed by atoms with Crippen molar-refractivity contribution >= 4 is 29.2 Å². The average molecular weight is 276 g/mol. The lowest BCUT2D eigenvalue weighted by Crippen LogP contribution is -2.26. The Hall–Kier alpha value is -2.37. The van der Waals surface area contributed by atoms with Gasteiger partial charge in [0.15, 0.2) is 0 Å². The van der Waals surface area contributed by atoms with Crippen molar-refractivity contribution in [3.8, 4) is 0 Å². The van der Waals surface area contributed by atoms with Gasteiger partial charge in [-0.2, -0.15) is 0 Å². The molecular weight excluding hydrogens is 260 g/mol. The van der Waals surface area contributed by atoms with Crippen LogP contribution < -0.4 is 10.6 Å². The highest BCUT2D eigenvalue weighted by molar-refractivity contribution is 6.04. The third-order valence-corrected chi connectivity index (χ3v) is 3.11. The van der Waals surface area contributed by atoms with E-state index in [1.54, 1.807) is 24.3 Å². The zero-order chi connectivity index (χ0) is 14.7. The number of carboxylic acids is 1. The fraction of sp³-hybridized carbons (Fsp3) is 0.357. The highest BCUT2D eigenvalue weighted by atomic mass is 16.4. The van der Waals surface area contributed by atoms with Gasteiger partial charge in [0, 0.05) is 17.3 Å². The predicted molar refractivity (Wildman–Crippen MR) is 73.2 cm³/mol. The minimum absolute atomic E-state index is 0.0209. The Morgan fingerprint density at radius 1 is 1.20 bits per heavy atom. The molecule has 1 saturated carbocycles. The van der Waals surface area contributed by atoms with Crippen LogP contribution in [0.1, 0.15) is 19.8 Å². The van der Waals surface area contributed by atoms with Gasteiger partial charge in [0.1, 0.15) is 5.92 Å². The summed E-state index contributed by atoms with van der Waals surface area (Å²) in [7, 11) is 0. The Bertz CT molecular complexity index is 552. The van der Waals surface area contributed by atoms with Crippen molar-refractivity contribution in [1.29, 1.82) is 0 Å². The van der Waals surface area contributed by atoms with Crippen LogP contribution in [0.25, 0.3) is 0 Å². The maximum absolute atomic E-state index is 11.6. The van der Waals surface area contributed by atoms with Gasteiger partial charge < -0.3 is 15.7 Å². The largest absolute Gasteiger partial charge is 0.481 e. The van der Waals surface area contributed by atoms with Crippen molar-refractivity contribution in [2.45, 2.75) is 19.8 Å². The molecule has 2 rings (SSSR count). The van der Waals surface area contributed by atoms with Crippen molar-refractivity contribution in [3.63, 3.8) is 0 Å². The van der Waals surface area contributed by atoms with Gasteiger partial charge in [0.2, 0.25) is 11.8 Å². The molecular formula is C14H16N2O4. The maximum Gasteiger partial charge on any atom is 0.315 e. The first kappa shape index (κ1) is 14.0. The van der Waals surface area contributed by atoms with E-state index in [0.717, 1.165) is 12.8 Å². The molecule has 1 aromatic rings. The minimum atomic E-state index is -1.18. The Balaban J connectivity index is 2.00. The number of anilines is 2. The highest BCUT2D eigenvalue weighted by Crippen LogP contribution is 2.30. The number of carboxylic acid groups (broad SMARTS) is 1. The number of hydrogen-bond donors (Lipinski definition) is 3. The average Bonchev–Trinajstić information content (AvgIpc) is 3.22. The van der Waals surface area contributed by atoms with E-state index in [-0.39, 0.29) is 11.8 Å². The summed E-state index contributed by atoms with van der Waals surface area (Å²) in [4.78, 5) is 34.0. The Labute approximate surface area is 116 Å². The normalized spacial score (nSPS) is 15.2. The van der Waals surface area contributed by atoms with E-state index < -0.39 is 17.8 Å². The Morgan fingerprint density at radius 2 is 1.80 bits per heavy atom. The number of aliphatic carboxylic acids is 1. The zero-order valence-electron chi connectivity index (χ0n) is 11.1. The van der Waals surface area contributed by atoms with Crippen molar-refractivity contribution in [1.82, 2.24) is 0 Å². The molecule has 0 saturated heterocycles. The molecule has 2 amide bonds. The molecule has 0 heterocycles. The first-order valence-corrected chi connectivity index (χ1v) is 6.42. The smallest absolute Gasteiger partial charge is 0.315 e. The molecule has 0 aliphatic heterocycles. The molecule has 1 aliphatic rings. The summed E-state index contributed by atoms with van der Waals surface area (Å²) in [6.07, 6.45) is 1.83. The summed E-state index contributed by atoms with van der Waals surface area (Å²) >= 11 is 0. The van der Waals surface area contributed by atoms with Crippen LogP contribution in [-0.2, 0) is 14.4 Å². The van der Waals surface area contributed by atoms with Crippen molar-refractivity contribution in [2.75, 3.05) is 10.6 Å². The summed E-state index contributed by atoms with van der Waals surface area (Å²) in [6.45, 7) is 1.32. The van der Waals surface area contributed by atoms with E-state index in [4.69, 9.17) is 5.11 Å². The van der Waals surface area contributed by atoms with Crippen molar-refractivity contribution in [3.05, 3.63) is 24.3 Å². The molecule has 3 N–H and O–H groups in total. The van der Waals surface area contributed by atoms with Gasteiger partial charge in [-0.3, -0.25) is 14.4 Å². The number of carbonyl (C=O) groups is 3. The van der Waals surface area contributed by atoms with Crippen molar-refractivity contribution in [2.24, 2.45) is 11.8 Å². The van der Waals surface area contributed by atoms with Crippen LogP contribution in [0.2, 0.25) is 0 Å². The lowest BCUT2D eigenvalue weighted by atomic mass is 10.1. The molecule has 6 nitrogen and oxygen atoms in total. The topological polar surface area (TPSA) is 95.5 Å². The molecule has 0 spiro atoms. The number of nitrogens with one attached hydrogen (secondary N) is 2. The maximum atomic E-state index is 11.6. The third-order valence-electron chi connectivity index (χ3n) is 3.11. The van der Waals surface area contributed by atoms with Gasteiger partial charge in [-0.05, 0) is 38.0 Å². The van der Waals surface area contributed by atoms with Crippen LogP contribution in [0.15, 0.2) is 24.3 Å². The van der Waals surface area contributed by atoms with E-state index in [0.29, 0.717) is 11.4 Å². The zero-order valence-corrected chi connectivity index (χ0v) is 11.1. The van der Waals surface area contributed by atoms with Gasteiger partial charge in [0.25, 0.3) is 0 Å². The second-order valence-electron chi connectivity index (χ2n) is 4.89. The molecule has 1 aromatic carbocycles. The van der Waals surface area contributed by atoms with Crippen LogP contribution in [-0.4, -0.2) is 22.9 Å². The monoisotopic (exact) mass is 276 g/mol. The van der Waals surface area contributed by atoms with Gasteiger partial charge in [0.05, 0.1) is 0 Å². The van der Waals surface area contributed by atoms with E-state index in [1.165, 1.54) is 6.92 Å². The van der Waals surface area contributed by atoms with Crippen LogP contribution in [0, 0.1) is 11.8 Å². The van der Waals surface area contributed by atoms with Crippen LogP contribution in [0.5, 0.6) is 0 Å². The number of carbonyl (C=O) groups excluding carboxylic acids is 2. The molecule has 106 valence electrons. The van der Waals surface area contributed by atoms with Crippen LogP contribution >= 0.6 is 0 Å². The molecule has 20 heavy (non-hydrogen) atoms. The molecule has 1 unspecified atom stereocenters. The molecule has 0 radical (unpaired) electrons. The fourth-order valence-corrected chi connectivity index (χ4v) is 1.63. The second-order valence-corrected chi connectivity index (χ2v) is 4.89. The van der Waals surface area contributed by atoms with Gasteiger partial charge in [-0.25, -0.2) is 0 Å². The molecule has 0 bridgehead atoms. The fourth-order valence-electron chi connectivity index (χ4n) is 1.63. The lowest BCUT2D eigenvalue weighted by molar-refractivity contribution is -0.144. The van der Waals surface area contributed by atoms with Gasteiger partial charge in [-0.15, -0.1) is 0 Å². The van der Waals surface area contributed by atoms with Crippen molar-refractivity contribution < 1.29 is 19.5 Å². The summed E-state index contributed by atoms with van der Waals surface area (Å²) in [6, 6.07) is 6.64. The Morgan fingerprint density at radius 3 is 2.35 bits per heavy atom. The Kier molecular flexibility index (Phi) is 4.02. The van der Waals surface area contributed by atoms with Gasteiger partial charge in [-0.1, -0.05) is 6.07 Å². The molecule has 6 heteroatoms. The minimum Gasteiger partial charge on any atom is -0.481 e. The van der Waals surface area contributed by atoms with E-state index in [2.05, 4.69) is 10.6 Å². The first-order valence-electron chi connectivity index (χ1n) is 6.42. The summed E-state index contributed by atoms with van der Waals surface area (Å²) in [5, 5.41) is 14.0. The SMILES string of the molecule is CC(C(=O)O)C(=O)Nc1cccc(NC(=O)C2CC2)c1.